The smallest absolute Gasteiger partial charge is 0.261 e. The van der Waals surface area contributed by atoms with E-state index in [9.17, 15) is 8.42 Å². The third-order valence-corrected chi connectivity index (χ3v) is 3.84. The fourth-order valence-electron chi connectivity index (χ4n) is 1.43. The van der Waals surface area contributed by atoms with Crippen molar-refractivity contribution in [3.8, 4) is 11.5 Å². The number of rotatable bonds is 2. The van der Waals surface area contributed by atoms with E-state index in [-0.39, 0.29) is 4.90 Å². The highest BCUT2D eigenvalue weighted by molar-refractivity contribution is 8.13. The molecule has 0 aromatic heterocycles. The van der Waals surface area contributed by atoms with E-state index in [4.69, 9.17) is 20.2 Å². The Kier molecular flexibility index (Phi) is 2.55. The van der Waals surface area contributed by atoms with Crippen molar-refractivity contribution in [1.82, 2.24) is 0 Å². The van der Waals surface area contributed by atoms with Crippen LogP contribution in [0.1, 0.15) is 20.3 Å². The van der Waals surface area contributed by atoms with Gasteiger partial charge < -0.3 is 9.47 Å². The second-order valence-electron chi connectivity index (χ2n) is 3.74. The molecule has 1 unspecified atom stereocenters. The summed E-state index contributed by atoms with van der Waals surface area (Å²) in [6.07, 6.45) is 0.657. The van der Waals surface area contributed by atoms with Crippen LogP contribution in [0.5, 0.6) is 11.5 Å². The van der Waals surface area contributed by atoms with Gasteiger partial charge in [0.25, 0.3) is 9.05 Å². The minimum atomic E-state index is -3.73. The molecule has 0 saturated heterocycles. The third kappa shape index (κ3) is 1.97. The molecule has 1 aliphatic rings. The van der Waals surface area contributed by atoms with Gasteiger partial charge in [0, 0.05) is 30.1 Å². The Labute approximate surface area is 98.5 Å². The Morgan fingerprint density at radius 1 is 1.31 bits per heavy atom. The van der Waals surface area contributed by atoms with E-state index < -0.39 is 14.8 Å². The number of ether oxygens (including phenoxy) is 2. The molecular formula is C10H11ClO4S. The van der Waals surface area contributed by atoms with Gasteiger partial charge in [0.2, 0.25) is 5.79 Å². The molecule has 1 aromatic rings. The van der Waals surface area contributed by atoms with Crippen LogP contribution in [0.2, 0.25) is 0 Å². The van der Waals surface area contributed by atoms with Gasteiger partial charge in [-0.15, -0.1) is 0 Å². The van der Waals surface area contributed by atoms with Crippen molar-refractivity contribution in [2.75, 3.05) is 0 Å². The highest BCUT2D eigenvalue weighted by atomic mass is 35.7. The summed E-state index contributed by atoms with van der Waals surface area (Å²) in [7, 11) is 1.51. The molecule has 0 saturated carbocycles. The van der Waals surface area contributed by atoms with Crippen LogP contribution in [-0.2, 0) is 9.05 Å². The average molecular weight is 263 g/mol. The van der Waals surface area contributed by atoms with Crippen LogP contribution in [0.4, 0.5) is 0 Å². The molecule has 6 heteroatoms. The van der Waals surface area contributed by atoms with Crippen molar-refractivity contribution >= 4 is 19.7 Å². The van der Waals surface area contributed by atoms with Gasteiger partial charge in [-0.2, -0.15) is 0 Å². The van der Waals surface area contributed by atoms with Crippen molar-refractivity contribution in [1.29, 1.82) is 0 Å². The summed E-state index contributed by atoms with van der Waals surface area (Å²) in [5.41, 5.74) is 0. The Balaban J connectivity index is 2.43. The average Bonchev–Trinajstić information content (AvgIpc) is 2.52. The van der Waals surface area contributed by atoms with E-state index in [0.717, 1.165) is 0 Å². The molecule has 1 heterocycles. The Hall–Kier alpha value is -0.940. The molecular weight excluding hydrogens is 252 g/mol. The highest BCUT2D eigenvalue weighted by Gasteiger charge is 2.35. The first kappa shape index (κ1) is 11.5. The third-order valence-electron chi connectivity index (χ3n) is 2.49. The molecule has 88 valence electrons. The molecule has 0 spiro atoms. The summed E-state index contributed by atoms with van der Waals surface area (Å²) < 4.78 is 33.4. The number of fused-ring (bicyclic) bond motifs is 1. The van der Waals surface area contributed by atoms with Crippen molar-refractivity contribution in [3.05, 3.63) is 18.2 Å². The van der Waals surface area contributed by atoms with Crippen molar-refractivity contribution < 1.29 is 17.9 Å². The molecule has 0 aliphatic carbocycles. The summed E-state index contributed by atoms with van der Waals surface area (Å²) in [5, 5.41) is 0. The molecule has 1 aromatic carbocycles. The van der Waals surface area contributed by atoms with Gasteiger partial charge in [-0.25, -0.2) is 8.42 Å². The predicted molar refractivity (Wildman–Crippen MR) is 59.4 cm³/mol. The normalized spacial score (nSPS) is 23.4. The van der Waals surface area contributed by atoms with E-state index in [2.05, 4.69) is 0 Å². The lowest BCUT2D eigenvalue weighted by atomic mass is 10.2. The van der Waals surface area contributed by atoms with Crippen molar-refractivity contribution in [3.63, 3.8) is 0 Å². The largest absolute Gasteiger partial charge is 0.449 e. The van der Waals surface area contributed by atoms with E-state index >= 15 is 0 Å². The molecule has 16 heavy (non-hydrogen) atoms. The van der Waals surface area contributed by atoms with Gasteiger partial charge in [0.15, 0.2) is 11.5 Å². The topological polar surface area (TPSA) is 52.6 Å². The van der Waals surface area contributed by atoms with E-state index in [1.54, 1.807) is 13.0 Å². The van der Waals surface area contributed by atoms with Gasteiger partial charge in [0.1, 0.15) is 0 Å². The summed E-state index contributed by atoms with van der Waals surface area (Å²) in [4.78, 5) is 0.0110. The van der Waals surface area contributed by atoms with Gasteiger partial charge in [-0.05, 0) is 12.1 Å². The number of hydrogen-bond acceptors (Lipinski definition) is 4. The predicted octanol–water partition coefficient (Wildman–Crippen LogP) is 2.51. The van der Waals surface area contributed by atoms with Crippen LogP contribution >= 0.6 is 10.7 Å². The summed E-state index contributed by atoms with van der Waals surface area (Å²) in [6.45, 7) is 3.72. The van der Waals surface area contributed by atoms with Crippen molar-refractivity contribution in [2.45, 2.75) is 31.0 Å². The first-order valence-electron chi connectivity index (χ1n) is 4.81. The zero-order valence-corrected chi connectivity index (χ0v) is 10.4. The lowest BCUT2D eigenvalue weighted by Gasteiger charge is -2.20. The lowest BCUT2D eigenvalue weighted by Crippen LogP contribution is -2.33. The van der Waals surface area contributed by atoms with Gasteiger partial charge >= 0.3 is 0 Å². The molecule has 0 radical (unpaired) electrons. The van der Waals surface area contributed by atoms with Crippen LogP contribution in [0.25, 0.3) is 0 Å². The molecule has 2 rings (SSSR count). The van der Waals surface area contributed by atoms with Crippen LogP contribution in [0.15, 0.2) is 23.1 Å². The Morgan fingerprint density at radius 2 is 1.94 bits per heavy atom. The Bertz CT molecular complexity index is 526. The SMILES string of the molecule is CCC1(C)Oc2ccc(S(=O)(=O)Cl)cc2O1. The Morgan fingerprint density at radius 3 is 2.50 bits per heavy atom. The van der Waals surface area contributed by atoms with Gasteiger partial charge in [-0.1, -0.05) is 6.92 Å². The van der Waals surface area contributed by atoms with Crippen LogP contribution in [0, 0.1) is 0 Å². The monoisotopic (exact) mass is 262 g/mol. The molecule has 1 aliphatic heterocycles. The first-order chi connectivity index (χ1) is 7.34. The minimum Gasteiger partial charge on any atom is -0.449 e. The lowest BCUT2D eigenvalue weighted by molar-refractivity contribution is -0.0640. The minimum absolute atomic E-state index is 0.0110. The fourth-order valence-corrected chi connectivity index (χ4v) is 2.20. The van der Waals surface area contributed by atoms with E-state index in [1.807, 2.05) is 6.92 Å². The van der Waals surface area contributed by atoms with Crippen LogP contribution in [-0.4, -0.2) is 14.2 Å². The second kappa shape index (κ2) is 3.53. The second-order valence-corrected chi connectivity index (χ2v) is 6.30. The van der Waals surface area contributed by atoms with Gasteiger partial charge in [-0.3, -0.25) is 0 Å². The molecule has 0 N–H and O–H groups in total. The van der Waals surface area contributed by atoms with Crippen LogP contribution < -0.4 is 9.47 Å². The molecule has 0 fully saturated rings. The maximum Gasteiger partial charge on any atom is 0.261 e. The quantitative estimate of drug-likeness (QED) is 0.769. The maximum absolute atomic E-state index is 11.1. The van der Waals surface area contributed by atoms with Gasteiger partial charge in [0.05, 0.1) is 4.90 Å². The van der Waals surface area contributed by atoms with Crippen molar-refractivity contribution in [2.24, 2.45) is 0 Å². The number of halogens is 1. The fraction of sp³-hybridized carbons (Fsp3) is 0.400. The number of hydrogen-bond donors (Lipinski definition) is 0. The first-order valence-corrected chi connectivity index (χ1v) is 7.12. The molecule has 4 nitrogen and oxygen atoms in total. The zero-order valence-electron chi connectivity index (χ0n) is 8.86. The van der Waals surface area contributed by atoms with E-state index in [1.165, 1.54) is 12.1 Å². The molecule has 0 bridgehead atoms. The zero-order chi connectivity index (χ0) is 12.0. The standard InChI is InChI=1S/C10H11ClO4S/c1-3-10(2)14-8-5-4-7(16(11,12)13)6-9(8)15-10/h4-6H,3H2,1-2H3. The summed E-state index contributed by atoms with van der Waals surface area (Å²) in [6, 6.07) is 4.32. The van der Waals surface area contributed by atoms with E-state index in [0.29, 0.717) is 17.9 Å². The summed E-state index contributed by atoms with van der Waals surface area (Å²) in [5.74, 6) is 0.219. The summed E-state index contributed by atoms with van der Waals surface area (Å²) >= 11 is 0. The molecule has 0 amide bonds. The maximum atomic E-state index is 11.1. The highest BCUT2D eigenvalue weighted by Crippen LogP contribution is 2.41. The number of benzene rings is 1. The van der Waals surface area contributed by atoms with Crippen LogP contribution in [0.3, 0.4) is 0 Å². The molecule has 1 atom stereocenters.